The molecule has 0 aromatic heterocycles. The summed E-state index contributed by atoms with van der Waals surface area (Å²) in [6.07, 6.45) is 10.9. The zero-order valence-electron chi connectivity index (χ0n) is 11.4. The van der Waals surface area contributed by atoms with Crippen LogP contribution in [0.2, 0.25) is 0 Å². The van der Waals surface area contributed by atoms with Crippen molar-refractivity contribution in [1.82, 2.24) is 0 Å². The van der Waals surface area contributed by atoms with Gasteiger partial charge in [-0.3, -0.25) is 0 Å². The van der Waals surface area contributed by atoms with Gasteiger partial charge in [0.1, 0.15) is 5.76 Å². The van der Waals surface area contributed by atoms with E-state index in [2.05, 4.69) is 38.2 Å². The fraction of sp³-hybridized carbons (Fsp3) is 0.600. The van der Waals surface area contributed by atoms with Gasteiger partial charge < -0.3 is 9.47 Å². The summed E-state index contributed by atoms with van der Waals surface area (Å²) in [4.78, 5) is 0. The number of rotatable bonds is 6. The summed E-state index contributed by atoms with van der Waals surface area (Å²) in [7, 11) is 3.48. The zero-order chi connectivity index (χ0) is 12.7. The summed E-state index contributed by atoms with van der Waals surface area (Å²) in [5.41, 5.74) is 1.20. The van der Waals surface area contributed by atoms with Crippen molar-refractivity contribution in [3.8, 4) is 0 Å². The monoisotopic (exact) mass is 236 g/mol. The lowest BCUT2D eigenvalue weighted by Gasteiger charge is -2.16. The van der Waals surface area contributed by atoms with Crippen molar-refractivity contribution in [2.75, 3.05) is 20.8 Å². The van der Waals surface area contributed by atoms with Crippen LogP contribution in [0.1, 0.15) is 26.7 Å². The molecule has 0 aromatic rings. The fourth-order valence-corrected chi connectivity index (χ4v) is 1.99. The van der Waals surface area contributed by atoms with Crippen molar-refractivity contribution < 1.29 is 9.47 Å². The van der Waals surface area contributed by atoms with E-state index in [0.717, 1.165) is 25.2 Å². The minimum Gasteiger partial charge on any atom is -0.496 e. The Morgan fingerprint density at radius 1 is 1.47 bits per heavy atom. The molecule has 1 aliphatic carbocycles. The molecule has 2 nitrogen and oxygen atoms in total. The van der Waals surface area contributed by atoms with E-state index in [4.69, 9.17) is 9.47 Å². The molecule has 0 heterocycles. The van der Waals surface area contributed by atoms with Crippen LogP contribution in [0.15, 0.2) is 35.6 Å². The third-order valence-corrected chi connectivity index (χ3v) is 2.93. The molecule has 96 valence electrons. The van der Waals surface area contributed by atoms with E-state index in [0.29, 0.717) is 11.8 Å². The van der Waals surface area contributed by atoms with Crippen molar-refractivity contribution in [2.24, 2.45) is 11.8 Å². The van der Waals surface area contributed by atoms with E-state index in [-0.39, 0.29) is 0 Å². The molecule has 0 radical (unpaired) electrons. The molecule has 2 atom stereocenters. The topological polar surface area (TPSA) is 18.5 Å². The molecule has 1 aliphatic rings. The second-order valence-electron chi connectivity index (χ2n) is 4.81. The van der Waals surface area contributed by atoms with E-state index in [1.54, 1.807) is 14.2 Å². The van der Waals surface area contributed by atoms with Crippen LogP contribution in [0.3, 0.4) is 0 Å². The molecule has 0 N–H and O–H groups in total. The van der Waals surface area contributed by atoms with Gasteiger partial charge in [-0.2, -0.15) is 0 Å². The van der Waals surface area contributed by atoms with Gasteiger partial charge in [-0.05, 0) is 30.8 Å². The first-order valence-corrected chi connectivity index (χ1v) is 6.29. The Morgan fingerprint density at radius 2 is 2.24 bits per heavy atom. The second kappa shape index (κ2) is 7.33. The average Bonchev–Trinajstić information content (AvgIpc) is 2.30. The lowest BCUT2D eigenvalue weighted by atomic mass is 9.95. The van der Waals surface area contributed by atoms with Gasteiger partial charge in [0.2, 0.25) is 0 Å². The van der Waals surface area contributed by atoms with Gasteiger partial charge in [-0.15, -0.1) is 0 Å². The molecule has 0 saturated heterocycles. The third-order valence-electron chi connectivity index (χ3n) is 2.93. The van der Waals surface area contributed by atoms with Crippen LogP contribution >= 0.6 is 0 Å². The fourth-order valence-electron chi connectivity index (χ4n) is 1.99. The molecule has 17 heavy (non-hydrogen) atoms. The number of ether oxygens (including phenoxy) is 2. The van der Waals surface area contributed by atoms with Crippen molar-refractivity contribution >= 4 is 0 Å². The Bertz CT molecular complexity index is 313. The number of hydrogen-bond acceptors (Lipinski definition) is 2. The zero-order valence-corrected chi connectivity index (χ0v) is 11.4. The average molecular weight is 236 g/mol. The molecule has 0 fully saturated rings. The Hall–Kier alpha value is -1.02. The van der Waals surface area contributed by atoms with E-state index in [1.807, 2.05) is 0 Å². The molecule has 0 bridgehead atoms. The molecular formula is C15H24O2. The number of methoxy groups -OCH3 is 2. The van der Waals surface area contributed by atoms with Gasteiger partial charge in [0.05, 0.1) is 7.11 Å². The van der Waals surface area contributed by atoms with Crippen LogP contribution in [-0.2, 0) is 9.47 Å². The van der Waals surface area contributed by atoms with Crippen LogP contribution in [0.4, 0.5) is 0 Å². The summed E-state index contributed by atoms with van der Waals surface area (Å²) in [5.74, 6) is 2.16. The van der Waals surface area contributed by atoms with Crippen molar-refractivity contribution in [3.63, 3.8) is 0 Å². The van der Waals surface area contributed by atoms with Crippen LogP contribution in [0, 0.1) is 11.8 Å². The van der Waals surface area contributed by atoms with Crippen molar-refractivity contribution in [3.05, 3.63) is 35.6 Å². The SMILES string of the molecule is COC[C@H](C)C/C=C/C1=CC(C)CC=C1OC. The predicted octanol–water partition coefficient (Wildman–Crippen LogP) is 3.71. The maximum Gasteiger partial charge on any atom is 0.121 e. The Balaban J connectivity index is 2.53. The third kappa shape index (κ3) is 4.78. The summed E-state index contributed by atoms with van der Waals surface area (Å²) in [5, 5.41) is 0. The van der Waals surface area contributed by atoms with Gasteiger partial charge in [-0.1, -0.05) is 32.1 Å². The molecule has 0 amide bonds. The second-order valence-corrected chi connectivity index (χ2v) is 4.81. The van der Waals surface area contributed by atoms with Crippen LogP contribution in [0.5, 0.6) is 0 Å². The molecule has 2 heteroatoms. The molecule has 1 unspecified atom stereocenters. The maximum atomic E-state index is 5.37. The smallest absolute Gasteiger partial charge is 0.121 e. The summed E-state index contributed by atoms with van der Waals surface area (Å²) in [6.45, 7) is 5.23. The Morgan fingerprint density at radius 3 is 2.88 bits per heavy atom. The lowest BCUT2D eigenvalue weighted by Crippen LogP contribution is -2.03. The summed E-state index contributed by atoms with van der Waals surface area (Å²) in [6, 6.07) is 0. The van der Waals surface area contributed by atoms with E-state index in [1.165, 1.54) is 5.57 Å². The minimum absolute atomic E-state index is 0.563. The van der Waals surface area contributed by atoms with Crippen LogP contribution in [0.25, 0.3) is 0 Å². The highest BCUT2D eigenvalue weighted by molar-refractivity contribution is 5.38. The maximum absolute atomic E-state index is 5.37. The first kappa shape index (κ1) is 14.0. The van der Waals surface area contributed by atoms with Gasteiger partial charge in [0.25, 0.3) is 0 Å². The van der Waals surface area contributed by atoms with Crippen molar-refractivity contribution in [2.45, 2.75) is 26.7 Å². The standard InChI is InChI=1S/C15H24O2/c1-12-8-9-15(17-4)14(10-12)7-5-6-13(2)11-16-3/h5,7,9-10,12-13H,6,8,11H2,1-4H3/b7-5+/t12?,13-/m1/s1. The van der Waals surface area contributed by atoms with Crippen LogP contribution in [-0.4, -0.2) is 20.8 Å². The predicted molar refractivity (Wildman–Crippen MR) is 71.8 cm³/mol. The molecule has 0 aliphatic heterocycles. The first-order chi connectivity index (χ1) is 8.17. The first-order valence-electron chi connectivity index (χ1n) is 6.29. The van der Waals surface area contributed by atoms with Gasteiger partial charge >= 0.3 is 0 Å². The van der Waals surface area contributed by atoms with E-state index < -0.39 is 0 Å². The number of hydrogen-bond donors (Lipinski definition) is 0. The molecular weight excluding hydrogens is 212 g/mol. The van der Waals surface area contributed by atoms with Crippen molar-refractivity contribution in [1.29, 1.82) is 0 Å². The largest absolute Gasteiger partial charge is 0.496 e. The summed E-state index contributed by atoms with van der Waals surface area (Å²) >= 11 is 0. The molecule has 0 spiro atoms. The highest BCUT2D eigenvalue weighted by atomic mass is 16.5. The van der Waals surface area contributed by atoms with Gasteiger partial charge in [0, 0.05) is 19.3 Å². The van der Waals surface area contributed by atoms with Crippen LogP contribution < -0.4 is 0 Å². The quantitative estimate of drug-likeness (QED) is 0.700. The molecule has 1 rings (SSSR count). The Labute approximate surface area is 105 Å². The van der Waals surface area contributed by atoms with E-state index >= 15 is 0 Å². The number of allylic oxidation sites excluding steroid dienone is 4. The minimum atomic E-state index is 0.563. The lowest BCUT2D eigenvalue weighted by molar-refractivity contribution is 0.161. The highest BCUT2D eigenvalue weighted by Crippen LogP contribution is 2.24. The molecule has 0 aromatic carbocycles. The Kier molecular flexibility index (Phi) is 6.06. The van der Waals surface area contributed by atoms with Gasteiger partial charge in [0.15, 0.2) is 0 Å². The van der Waals surface area contributed by atoms with E-state index in [9.17, 15) is 0 Å². The van der Waals surface area contributed by atoms with Gasteiger partial charge in [-0.25, -0.2) is 0 Å². The molecule has 0 saturated carbocycles. The highest BCUT2D eigenvalue weighted by Gasteiger charge is 2.10. The summed E-state index contributed by atoms with van der Waals surface area (Å²) < 4.78 is 10.5. The normalized spacial score (nSPS) is 22.2.